The molecule has 0 atom stereocenters. The molecule has 4 rings (SSSR count). The molecule has 6 heteroatoms. The summed E-state index contributed by atoms with van der Waals surface area (Å²) in [6.07, 6.45) is 3.59. The molecule has 1 heterocycles. The molecule has 0 radical (unpaired) electrons. The van der Waals surface area contributed by atoms with Gasteiger partial charge in [-0.3, -0.25) is 14.6 Å². The molecular formula is C23H24BrN3O2. The largest absolute Gasteiger partial charge is 0.325 e. The van der Waals surface area contributed by atoms with Gasteiger partial charge >= 0.3 is 0 Å². The lowest BCUT2D eigenvalue weighted by atomic mass is 9.82. The monoisotopic (exact) mass is 453 g/mol. The van der Waals surface area contributed by atoms with Gasteiger partial charge in [-0.15, -0.1) is 0 Å². The fourth-order valence-corrected chi connectivity index (χ4v) is 4.55. The number of nitrogens with zero attached hydrogens (tertiary/aromatic N) is 2. The summed E-state index contributed by atoms with van der Waals surface area (Å²) in [5.74, 6) is 0.248. The van der Waals surface area contributed by atoms with E-state index in [1.807, 2.05) is 54.6 Å². The average molecular weight is 454 g/mol. The van der Waals surface area contributed by atoms with Gasteiger partial charge in [-0.25, -0.2) is 0 Å². The van der Waals surface area contributed by atoms with Crippen LogP contribution in [-0.2, 0) is 9.59 Å². The first-order valence-corrected chi connectivity index (χ1v) is 10.8. The molecule has 0 saturated heterocycles. The summed E-state index contributed by atoms with van der Waals surface area (Å²) in [4.78, 5) is 32.7. The smallest absolute Gasteiger partial charge is 0.275 e. The predicted octanol–water partition coefficient (Wildman–Crippen LogP) is 4.63. The maximum absolute atomic E-state index is 13.3. The van der Waals surface area contributed by atoms with E-state index in [2.05, 4.69) is 28.2 Å². The van der Waals surface area contributed by atoms with Crippen LogP contribution in [-0.4, -0.2) is 34.6 Å². The number of benzene rings is 2. The molecule has 1 aliphatic heterocycles. The highest BCUT2D eigenvalue weighted by Crippen LogP contribution is 2.41. The highest BCUT2D eigenvalue weighted by molar-refractivity contribution is 9.10. The zero-order chi connectivity index (χ0) is 20.4. The highest BCUT2D eigenvalue weighted by Gasteiger charge is 2.49. The summed E-state index contributed by atoms with van der Waals surface area (Å²) < 4.78 is 0.889. The van der Waals surface area contributed by atoms with E-state index >= 15 is 0 Å². The van der Waals surface area contributed by atoms with Gasteiger partial charge in [0.2, 0.25) is 5.91 Å². The van der Waals surface area contributed by atoms with Crippen molar-refractivity contribution in [3.8, 4) is 0 Å². The summed E-state index contributed by atoms with van der Waals surface area (Å²) >= 11 is 3.41. The lowest BCUT2D eigenvalue weighted by Gasteiger charge is -2.40. The lowest BCUT2D eigenvalue weighted by molar-refractivity contribution is -0.134. The van der Waals surface area contributed by atoms with Crippen molar-refractivity contribution >= 4 is 39.1 Å². The zero-order valence-electron chi connectivity index (χ0n) is 16.4. The maximum atomic E-state index is 13.3. The van der Waals surface area contributed by atoms with Crippen LogP contribution in [0.4, 0.5) is 5.69 Å². The Bertz CT molecular complexity index is 950. The number of carbonyl (C=O) groups is 2. The zero-order valence-corrected chi connectivity index (χ0v) is 18.0. The molecule has 2 amide bonds. The van der Waals surface area contributed by atoms with Crippen molar-refractivity contribution in [1.29, 1.82) is 0 Å². The predicted molar refractivity (Wildman–Crippen MR) is 118 cm³/mol. The van der Waals surface area contributed by atoms with Crippen LogP contribution in [0.25, 0.3) is 0 Å². The van der Waals surface area contributed by atoms with Crippen molar-refractivity contribution in [2.45, 2.75) is 38.3 Å². The number of hydrogen-bond donors (Lipinski definition) is 1. The fourth-order valence-electron chi connectivity index (χ4n) is 4.15. The third kappa shape index (κ3) is 4.13. The van der Waals surface area contributed by atoms with Gasteiger partial charge in [0, 0.05) is 15.7 Å². The average Bonchev–Trinajstić information content (AvgIpc) is 2.97. The second-order valence-corrected chi connectivity index (χ2v) is 8.86. The number of halogens is 1. The van der Waals surface area contributed by atoms with Crippen LogP contribution >= 0.6 is 15.9 Å². The Morgan fingerprint density at radius 3 is 2.59 bits per heavy atom. The first-order chi connectivity index (χ1) is 14.0. The molecule has 29 heavy (non-hydrogen) atoms. The van der Waals surface area contributed by atoms with Gasteiger partial charge < -0.3 is 10.2 Å². The second-order valence-electron chi connectivity index (χ2n) is 7.94. The molecule has 150 valence electrons. The summed E-state index contributed by atoms with van der Waals surface area (Å²) in [5, 5.41) is 2.90. The molecule has 2 aromatic rings. The SMILES string of the molecule is CC1CCC2(CC1)N=C(c1ccccc1)C(=O)N2CC(=O)Nc1cccc(Br)c1. The van der Waals surface area contributed by atoms with E-state index in [9.17, 15) is 9.59 Å². The third-order valence-electron chi connectivity index (χ3n) is 5.80. The van der Waals surface area contributed by atoms with Crippen molar-refractivity contribution in [1.82, 2.24) is 4.90 Å². The minimum atomic E-state index is -0.608. The van der Waals surface area contributed by atoms with Crippen molar-refractivity contribution in [3.05, 3.63) is 64.6 Å². The van der Waals surface area contributed by atoms with E-state index in [1.165, 1.54) is 0 Å². The number of aliphatic imine (C=N–C) groups is 1. The van der Waals surface area contributed by atoms with Crippen LogP contribution in [0.5, 0.6) is 0 Å². The minimum absolute atomic E-state index is 0.000435. The number of rotatable bonds is 4. The van der Waals surface area contributed by atoms with Gasteiger partial charge in [-0.1, -0.05) is 59.3 Å². The van der Waals surface area contributed by atoms with Crippen molar-refractivity contribution in [2.24, 2.45) is 10.9 Å². The molecule has 1 fully saturated rings. The van der Waals surface area contributed by atoms with Gasteiger partial charge in [-0.2, -0.15) is 0 Å². The van der Waals surface area contributed by atoms with Gasteiger partial charge in [0.15, 0.2) is 0 Å². The van der Waals surface area contributed by atoms with Gasteiger partial charge in [0.1, 0.15) is 17.9 Å². The summed E-state index contributed by atoms with van der Waals surface area (Å²) in [6, 6.07) is 17.0. The second kappa shape index (κ2) is 8.11. The first-order valence-electron chi connectivity index (χ1n) is 9.99. The topological polar surface area (TPSA) is 61.8 Å². The Labute approximate surface area is 179 Å². The van der Waals surface area contributed by atoms with E-state index in [0.717, 1.165) is 35.7 Å². The van der Waals surface area contributed by atoms with Gasteiger partial charge in [0.25, 0.3) is 5.91 Å². The summed E-state index contributed by atoms with van der Waals surface area (Å²) in [6.45, 7) is 2.23. The lowest BCUT2D eigenvalue weighted by Crippen LogP contribution is -2.51. The molecule has 5 nitrogen and oxygen atoms in total. The van der Waals surface area contributed by atoms with E-state index < -0.39 is 5.66 Å². The molecule has 0 bridgehead atoms. The van der Waals surface area contributed by atoms with E-state index in [0.29, 0.717) is 17.3 Å². The summed E-state index contributed by atoms with van der Waals surface area (Å²) in [5.41, 5.74) is 1.37. The molecule has 1 spiro atoms. The Morgan fingerprint density at radius 1 is 1.17 bits per heavy atom. The van der Waals surface area contributed by atoms with Crippen LogP contribution in [0.3, 0.4) is 0 Å². The normalized spacial score (nSPS) is 23.9. The van der Waals surface area contributed by atoms with E-state index in [-0.39, 0.29) is 18.4 Å². The number of anilines is 1. The molecule has 2 aromatic carbocycles. The Morgan fingerprint density at radius 2 is 1.90 bits per heavy atom. The fraction of sp³-hybridized carbons (Fsp3) is 0.348. The molecule has 2 aliphatic rings. The molecular weight excluding hydrogens is 430 g/mol. The van der Waals surface area contributed by atoms with Crippen LogP contribution in [0.2, 0.25) is 0 Å². The maximum Gasteiger partial charge on any atom is 0.275 e. The molecule has 0 aromatic heterocycles. The van der Waals surface area contributed by atoms with Gasteiger partial charge in [0.05, 0.1) is 0 Å². The van der Waals surface area contributed by atoms with Crippen molar-refractivity contribution in [2.75, 3.05) is 11.9 Å². The molecule has 0 unspecified atom stereocenters. The highest BCUT2D eigenvalue weighted by atomic mass is 79.9. The first kappa shape index (κ1) is 19.8. The van der Waals surface area contributed by atoms with E-state index in [1.54, 1.807) is 4.90 Å². The Balaban J connectivity index is 1.59. The number of nitrogens with one attached hydrogen (secondary N) is 1. The quantitative estimate of drug-likeness (QED) is 0.733. The van der Waals surface area contributed by atoms with Gasteiger partial charge in [-0.05, 0) is 49.8 Å². The van der Waals surface area contributed by atoms with Crippen LogP contribution in [0, 0.1) is 5.92 Å². The summed E-state index contributed by atoms with van der Waals surface area (Å²) in [7, 11) is 0. The van der Waals surface area contributed by atoms with Crippen LogP contribution < -0.4 is 5.32 Å². The number of amides is 2. The Kier molecular flexibility index (Phi) is 5.54. The third-order valence-corrected chi connectivity index (χ3v) is 6.30. The molecule has 1 aliphatic carbocycles. The standard InChI is InChI=1S/C23H24BrN3O2/c1-16-10-12-23(13-11-16)26-21(17-6-3-2-4-7-17)22(29)27(23)15-20(28)25-19-9-5-8-18(24)14-19/h2-9,14,16H,10-13,15H2,1H3,(H,25,28). The van der Waals surface area contributed by atoms with Crippen LogP contribution in [0.15, 0.2) is 64.1 Å². The molecule has 1 N–H and O–H groups in total. The minimum Gasteiger partial charge on any atom is -0.325 e. The number of hydrogen-bond acceptors (Lipinski definition) is 3. The van der Waals surface area contributed by atoms with E-state index in [4.69, 9.17) is 4.99 Å². The van der Waals surface area contributed by atoms with Crippen molar-refractivity contribution < 1.29 is 9.59 Å². The van der Waals surface area contributed by atoms with Crippen LogP contribution in [0.1, 0.15) is 38.2 Å². The molecule has 1 saturated carbocycles. The Hall–Kier alpha value is -2.47. The van der Waals surface area contributed by atoms with Crippen molar-refractivity contribution in [3.63, 3.8) is 0 Å². The number of carbonyl (C=O) groups excluding carboxylic acids is 2.